The van der Waals surface area contributed by atoms with E-state index in [0.717, 1.165) is 19.3 Å². The van der Waals surface area contributed by atoms with Crippen molar-refractivity contribution in [1.29, 1.82) is 0 Å². The van der Waals surface area contributed by atoms with Gasteiger partial charge < -0.3 is 10.1 Å². The van der Waals surface area contributed by atoms with E-state index in [-0.39, 0.29) is 21.1 Å². The van der Waals surface area contributed by atoms with E-state index in [1.807, 2.05) is 0 Å². The van der Waals surface area contributed by atoms with E-state index < -0.39 is 15.0 Å². The second kappa shape index (κ2) is 6.12. The van der Waals surface area contributed by atoms with Gasteiger partial charge in [-0.2, -0.15) is 0 Å². The fourth-order valence-electron chi connectivity index (χ4n) is 2.20. The first-order valence-electron chi connectivity index (χ1n) is 6.34. The molecule has 0 aromatic heterocycles. The maximum Gasteiger partial charge on any atom is 0.261 e. The molecule has 1 N–H and O–H groups in total. The van der Waals surface area contributed by atoms with Gasteiger partial charge in [0, 0.05) is 34.9 Å². The van der Waals surface area contributed by atoms with Crippen molar-refractivity contribution in [3.8, 4) is 0 Å². The van der Waals surface area contributed by atoms with Gasteiger partial charge in [-0.25, -0.2) is 8.42 Å². The Hall–Kier alpha value is -0.820. The Labute approximate surface area is 133 Å². The number of amides is 1. The van der Waals surface area contributed by atoms with Crippen LogP contribution in [-0.2, 0) is 13.8 Å². The van der Waals surface area contributed by atoms with Gasteiger partial charge >= 0.3 is 0 Å². The van der Waals surface area contributed by atoms with Crippen LogP contribution in [0.4, 0.5) is 0 Å². The van der Waals surface area contributed by atoms with E-state index in [4.69, 9.17) is 27.0 Å². The summed E-state index contributed by atoms with van der Waals surface area (Å²) in [5.41, 5.74) is -0.164. The Morgan fingerprint density at radius 1 is 1.38 bits per heavy atom. The highest BCUT2D eigenvalue weighted by Gasteiger charge is 2.37. The van der Waals surface area contributed by atoms with E-state index in [0.29, 0.717) is 6.54 Å². The third-order valence-electron chi connectivity index (χ3n) is 3.68. The van der Waals surface area contributed by atoms with Gasteiger partial charge in [0.1, 0.15) is 0 Å². The molecular formula is C13H15Cl2NO4S. The highest BCUT2D eigenvalue weighted by molar-refractivity contribution is 8.13. The predicted octanol–water partition coefficient (Wildman–Crippen LogP) is 2.57. The number of hydrogen-bond acceptors (Lipinski definition) is 4. The normalized spacial score (nSPS) is 17.1. The standard InChI is InChI=1S/C13H15Cl2NO4S/c1-20-13(3-2-4-13)8-16-12(17)9-5-10(14)7-11(6-9)21(15,18)19/h5-7H,2-4,8H2,1H3,(H,16,17). The lowest BCUT2D eigenvalue weighted by atomic mass is 9.80. The number of halogens is 2. The van der Waals surface area contributed by atoms with Gasteiger partial charge in [-0.3, -0.25) is 4.79 Å². The maximum atomic E-state index is 12.1. The van der Waals surface area contributed by atoms with Gasteiger partial charge in [-0.15, -0.1) is 0 Å². The lowest BCUT2D eigenvalue weighted by Gasteiger charge is -2.40. The molecule has 1 aliphatic carbocycles. The summed E-state index contributed by atoms with van der Waals surface area (Å²) in [6.07, 6.45) is 2.84. The van der Waals surface area contributed by atoms with Gasteiger partial charge in [0.05, 0.1) is 10.5 Å². The fraction of sp³-hybridized carbons (Fsp3) is 0.462. The van der Waals surface area contributed by atoms with Crippen LogP contribution < -0.4 is 5.32 Å². The molecule has 1 aliphatic rings. The van der Waals surface area contributed by atoms with Crippen LogP contribution in [0.3, 0.4) is 0 Å². The molecular weight excluding hydrogens is 337 g/mol. The summed E-state index contributed by atoms with van der Waals surface area (Å²) in [6.45, 7) is 0.373. The lowest BCUT2D eigenvalue weighted by Crippen LogP contribution is -2.49. The van der Waals surface area contributed by atoms with Gasteiger partial charge in [-0.05, 0) is 37.5 Å². The first-order chi connectivity index (χ1) is 9.76. The summed E-state index contributed by atoms with van der Waals surface area (Å²) < 4.78 is 28.1. The molecule has 1 amide bonds. The van der Waals surface area contributed by atoms with E-state index in [1.165, 1.54) is 18.2 Å². The molecule has 1 saturated carbocycles. The third-order valence-corrected chi connectivity index (χ3v) is 5.24. The van der Waals surface area contributed by atoms with Crippen LogP contribution in [0.15, 0.2) is 23.1 Å². The van der Waals surface area contributed by atoms with Gasteiger partial charge in [-0.1, -0.05) is 11.6 Å². The molecule has 116 valence electrons. The molecule has 5 nitrogen and oxygen atoms in total. The Balaban J connectivity index is 2.14. The van der Waals surface area contributed by atoms with Crippen LogP contribution in [0, 0.1) is 0 Å². The van der Waals surface area contributed by atoms with Gasteiger partial charge in [0.2, 0.25) is 0 Å². The van der Waals surface area contributed by atoms with Crippen molar-refractivity contribution in [2.75, 3.05) is 13.7 Å². The molecule has 0 saturated heterocycles. The molecule has 0 bridgehead atoms. The first-order valence-corrected chi connectivity index (χ1v) is 9.03. The topological polar surface area (TPSA) is 72.5 Å². The van der Waals surface area contributed by atoms with Crippen molar-refractivity contribution in [2.45, 2.75) is 29.8 Å². The van der Waals surface area contributed by atoms with E-state index >= 15 is 0 Å². The van der Waals surface area contributed by atoms with Crippen LogP contribution in [0.5, 0.6) is 0 Å². The van der Waals surface area contributed by atoms with Crippen molar-refractivity contribution in [2.24, 2.45) is 0 Å². The summed E-state index contributed by atoms with van der Waals surface area (Å²) in [5.74, 6) is -0.414. The number of methoxy groups -OCH3 is 1. The van der Waals surface area contributed by atoms with Gasteiger partial charge in [0.15, 0.2) is 0 Å². The minimum absolute atomic E-state index is 0.131. The second-order valence-corrected chi connectivity index (χ2v) is 8.04. The molecule has 1 aromatic rings. The average molecular weight is 352 g/mol. The second-order valence-electron chi connectivity index (χ2n) is 5.04. The molecule has 21 heavy (non-hydrogen) atoms. The lowest BCUT2D eigenvalue weighted by molar-refractivity contribution is -0.0679. The smallest absolute Gasteiger partial charge is 0.261 e. The van der Waals surface area contributed by atoms with E-state index in [1.54, 1.807) is 7.11 Å². The molecule has 1 aromatic carbocycles. The Kier molecular flexibility index (Phi) is 4.82. The minimum Gasteiger partial charge on any atom is -0.376 e. The summed E-state index contributed by atoms with van der Waals surface area (Å²) in [5, 5.41) is 2.87. The number of ether oxygens (including phenoxy) is 1. The first kappa shape index (κ1) is 16.5. The number of hydrogen-bond donors (Lipinski definition) is 1. The number of benzene rings is 1. The Bertz CT molecular complexity index is 651. The highest BCUT2D eigenvalue weighted by Crippen LogP contribution is 2.34. The molecule has 8 heteroatoms. The molecule has 0 radical (unpaired) electrons. The minimum atomic E-state index is -3.94. The number of carbonyl (C=O) groups is 1. The number of carbonyl (C=O) groups excluding carboxylic acids is 1. The number of nitrogens with one attached hydrogen (secondary N) is 1. The summed E-state index contributed by atoms with van der Waals surface area (Å²) >= 11 is 5.83. The Morgan fingerprint density at radius 3 is 2.52 bits per heavy atom. The summed E-state index contributed by atoms with van der Waals surface area (Å²) in [6, 6.07) is 3.79. The van der Waals surface area contributed by atoms with Crippen LogP contribution in [0.1, 0.15) is 29.6 Å². The molecule has 0 aliphatic heterocycles. The van der Waals surface area contributed by atoms with E-state index in [9.17, 15) is 13.2 Å². The largest absolute Gasteiger partial charge is 0.376 e. The van der Waals surface area contributed by atoms with Crippen LogP contribution >= 0.6 is 22.3 Å². The van der Waals surface area contributed by atoms with Crippen molar-refractivity contribution >= 4 is 37.2 Å². The third kappa shape index (κ3) is 3.88. The molecule has 0 atom stereocenters. The Morgan fingerprint density at radius 2 is 2.05 bits per heavy atom. The van der Waals surface area contributed by atoms with Crippen molar-refractivity contribution in [3.63, 3.8) is 0 Å². The molecule has 2 rings (SSSR count). The van der Waals surface area contributed by atoms with Crippen LogP contribution in [-0.4, -0.2) is 33.6 Å². The quantitative estimate of drug-likeness (QED) is 0.827. The van der Waals surface area contributed by atoms with Crippen molar-refractivity contribution in [1.82, 2.24) is 5.32 Å². The molecule has 0 spiro atoms. The SMILES string of the molecule is COC1(CNC(=O)c2cc(Cl)cc(S(=O)(=O)Cl)c2)CCC1. The molecule has 0 unspecified atom stereocenters. The monoisotopic (exact) mass is 351 g/mol. The summed E-state index contributed by atoms with van der Waals surface area (Å²) in [7, 11) is 2.95. The zero-order valence-corrected chi connectivity index (χ0v) is 13.7. The van der Waals surface area contributed by atoms with Gasteiger partial charge in [0.25, 0.3) is 15.0 Å². The average Bonchev–Trinajstić information content (AvgIpc) is 2.36. The zero-order valence-electron chi connectivity index (χ0n) is 11.4. The molecule has 0 heterocycles. The fourth-order valence-corrected chi connectivity index (χ4v) is 3.30. The highest BCUT2D eigenvalue weighted by atomic mass is 35.7. The van der Waals surface area contributed by atoms with Crippen molar-refractivity contribution in [3.05, 3.63) is 28.8 Å². The predicted molar refractivity (Wildman–Crippen MR) is 80.4 cm³/mol. The number of rotatable bonds is 5. The zero-order chi connectivity index (χ0) is 15.7. The maximum absolute atomic E-state index is 12.1. The summed E-state index contributed by atoms with van der Waals surface area (Å²) in [4.78, 5) is 11.9. The van der Waals surface area contributed by atoms with Crippen molar-refractivity contribution < 1.29 is 17.9 Å². The van der Waals surface area contributed by atoms with Crippen LogP contribution in [0.25, 0.3) is 0 Å². The van der Waals surface area contributed by atoms with Crippen LogP contribution in [0.2, 0.25) is 5.02 Å². The molecule has 1 fully saturated rings. The van der Waals surface area contributed by atoms with E-state index in [2.05, 4.69) is 5.32 Å².